The average molecular weight is 312 g/mol. The van der Waals surface area contributed by atoms with Crippen LogP contribution in [0.15, 0.2) is 30.9 Å². The van der Waals surface area contributed by atoms with Crippen molar-refractivity contribution in [3.63, 3.8) is 0 Å². The second-order valence-corrected chi connectivity index (χ2v) is 6.77. The highest BCUT2D eigenvalue weighted by atomic mass is 16.2. The lowest BCUT2D eigenvalue weighted by Crippen LogP contribution is -2.17. The predicted octanol–water partition coefficient (Wildman–Crippen LogP) is 2.30. The van der Waals surface area contributed by atoms with Crippen molar-refractivity contribution in [2.24, 2.45) is 12.5 Å². The molecule has 3 heterocycles. The van der Waals surface area contributed by atoms with E-state index in [1.165, 1.54) is 0 Å². The van der Waals surface area contributed by atoms with Gasteiger partial charge in [0.25, 0.3) is 5.91 Å². The van der Waals surface area contributed by atoms with E-state index in [1.54, 1.807) is 33.9 Å². The fourth-order valence-electron chi connectivity index (χ4n) is 2.46. The molecule has 0 aliphatic carbocycles. The Bertz CT molecular complexity index is 855. The van der Waals surface area contributed by atoms with Crippen molar-refractivity contribution in [3.05, 3.63) is 42.2 Å². The summed E-state index contributed by atoms with van der Waals surface area (Å²) >= 11 is 0. The third kappa shape index (κ3) is 3.23. The van der Waals surface area contributed by atoms with E-state index in [1.807, 2.05) is 13.1 Å². The van der Waals surface area contributed by atoms with Crippen LogP contribution in [0.2, 0.25) is 0 Å². The smallest absolute Gasteiger partial charge is 0.279 e. The Morgan fingerprint density at radius 2 is 1.91 bits per heavy atom. The zero-order chi connectivity index (χ0) is 16.6. The Labute approximate surface area is 134 Å². The Kier molecular flexibility index (Phi) is 3.63. The molecule has 0 aliphatic rings. The van der Waals surface area contributed by atoms with E-state index >= 15 is 0 Å². The molecule has 3 rings (SSSR count). The minimum Gasteiger partial charge on any atom is -0.305 e. The first-order valence-corrected chi connectivity index (χ1v) is 7.45. The van der Waals surface area contributed by atoms with Crippen molar-refractivity contribution in [2.45, 2.75) is 27.2 Å². The van der Waals surface area contributed by atoms with Gasteiger partial charge in [-0.1, -0.05) is 20.8 Å². The molecule has 0 spiro atoms. The van der Waals surface area contributed by atoms with E-state index in [9.17, 15) is 4.79 Å². The van der Waals surface area contributed by atoms with Crippen molar-refractivity contribution in [1.29, 1.82) is 0 Å². The van der Waals surface area contributed by atoms with Gasteiger partial charge in [-0.05, 0) is 11.8 Å². The third-order valence-electron chi connectivity index (χ3n) is 3.41. The van der Waals surface area contributed by atoms with Crippen LogP contribution in [0, 0.1) is 5.41 Å². The van der Waals surface area contributed by atoms with Crippen molar-refractivity contribution >= 4 is 17.4 Å². The number of nitrogens with one attached hydrogen (secondary N) is 1. The number of anilines is 1. The first-order chi connectivity index (χ1) is 10.8. The molecule has 3 aromatic heterocycles. The highest BCUT2D eigenvalue weighted by Gasteiger charge is 2.18. The van der Waals surface area contributed by atoms with Gasteiger partial charge in [-0.15, -0.1) is 0 Å². The molecule has 0 fully saturated rings. The van der Waals surface area contributed by atoms with E-state index in [0.29, 0.717) is 11.5 Å². The summed E-state index contributed by atoms with van der Waals surface area (Å²) in [6.45, 7) is 6.47. The summed E-state index contributed by atoms with van der Waals surface area (Å²) in [5.74, 6) is 0.344. The summed E-state index contributed by atoms with van der Waals surface area (Å²) < 4.78 is 3.43. The Hall–Kier alpha value is -2.70. The molecule has 23 heavy (non-hydrogen) atoms. The molecule has 0 saturated heterocycles. The molecule has 0 bridgehead atoms. The third-order valence-corrected chi connectivity index (χ3v) is 3.41. The predicted molar refractivity (Wildman–Crippen MR) is 87.3 cm³/mol. The van der Waals surface area contributed by atoms with Gasteiger partial charge in [-0.25, -0.2) is 9.97 Å². The van der Waals surface area contributed by atoms with Crippen molar-refractivity contribution in [2.75, 3.05) is 5.32 Å². The molecule has 0 aromatic carbocycles. The molecule has 0 saturated carbocycles. The zero-order valence-electron chi connectivity index (χ0n) is 13.7. The molecule has 7 heteroatoms. The first-order valence-electron chi connectivity index (χ1n) is 7.45. The van der Waals surface area contributed by atoms with Gasteiger partial charge >= 0.3 is 0 Å². The number of hydrogen-bond acceptors (Lipinski definition) is 4. The normalized spacial score (nSPS) is 11.8. The molecule has 120 valence electrons. The number of rotatable bonds is 3. The molecule has 0 aliphatic heterocycles. The van der Waals surface area contributed by atoms with Gasteiger partial charge < -0.3 is 9.72 Å². The minimum atomic E-state index is -0.299. The second kappa shape index (κ2) is 5.49. The fourth-order valence-corrected chi connectivity index (χ4v) is 2.46. The maximum Gasteiger partial charge on any atom is 0.279 e. The van der Waals surface area contributed by atoms with Crippen LogP contribution in [-0.2, 0) is 13.5 Å². The van der Waals surface area contributed by atoms with Gasteiger partial charge in [-0.3, -0.25) is 9.48 Å². The second-order valence-electron chi connectivity index (χ2n) is 6.77. The Morgan fingerprint density at radius 3 is 2.61 bits per heavy atom. The van der Waals surface area contributed by atoms with E-state index < -0.39 is 0 Å². The minimum absolute atomic E-state index is 0.138. The van der Waals surface area contributed by atoms with Crippen molar-refractivity contribution in [1.82, 2.24) is 24.1 Å². The SMILES string of the molecule is Cn1nc(CC(C)(C)C)cc1NC(=O)c1nccn2ccnc12. The molecule has 0 unspecified atom stereocenters. The van der Waals surface area contributed by atoms with Crippen LogP contribution < -0.4 is 5.32 Å². The van der Waals surface area contributed by atoms with Gasteiger partial charge in [0.2, 0.25) is 0 Å². The Morgan fingerprint density at radius 1 is 1.22 bits per heavy atom. The standard InChI is InChI=1S/C16H20N6O/c1-16(2,3)10-11-9-12(21(4)20-11)19-15(23)13-14-18-6-8-22(14)7-5-17-13/h5-9H,10H2,1-4H3,(H,19,23). The largest absolute Gasteiger partial charge is 0.305 e. The Balaban J connectivity index is 1.84. The summed E-state index contributed by atoms with van der Waals surface area (Å²) in [4.78, 5) is 20.8. The van der Waals surface area contributed by atoms with Crippen LogP contribution in [0.25, 0.3) is 5.65 Å². The van der Waals surface area contributed by atoms with Crippen LogP contribution in [0.5, 0.6) is 0 Å². The van der Waals surface area contributed by atoms with Crippen molar-refractivity contribution < 1.29 is 4.79 Å². The summed E-state index contributed by atoms with van der Waals surface area (Å²) in [5.41, 5.74) is 1.90. The number of aromatic nitrogens is 5. The summed E-state index contributed by atoms with van der Waals surface area (Å²) in [6, 6.07) is 1.90. The number of aryl methyl sites for hydroxylation is 1. The monoisotopic (exact) mass is 312 g/mol. The number of amides is 1. The lowest BCUT2D eigenvalue weighted by Gasteiger charge is -2.15. The highest BCUT2D eigenvalue weighted by molar-refractivity contribution is 6.06. The summed E-state index contributed by atoms with van der Waals surface area (Å²) in [7, 11) is 1.81. The van der Waals surface area contributed by atoms with E-state index in [2.05, 4.69) is 41.2 Å². The quantitative estimate of drug-likeness (QED) is 0.805. The lowest BCUT2D eigenvalue weighted by molar-refractivity contribution is 0.102. The molecule has 3 aromatic rings. The van der Waals surface area contributed by atoms with E-state index in [4.69, 9.17) is 0 Å². The fraction of sp³-hybridized carbons (Fsp3) is 0.375. The van der Waals surface area contributed by atoms with Crippen molar-refractivity contribution in [3.8, 4) is 0 Å². The van der Waals surface area contributed by atoms with E-state index in [0.717, 1.165) is 12.1 Å². The summed E-state index contributed by atoms with van der Waals surface area (Å²) in [5, 5.41) is 7.32. The zero-order valence-corrected chi connectivity index (χ0v) is 13.7. The molecule has 1 N–H and O–H groups in total. The maximum absolute atomic E-state index is 12.5. The number of fused-ring (bicyclic) bond motifs is 1. The van der Waals surface area contributed by atoms with Gasteiger partial charge in [0.05, 0.1) is 5.69 Å². The molecule has 0 atom stereocenters. The average Bonchev–Trinajstić information content (AvgIpc) is 3.03. The van der Waals surface area contributed by atoms with Crippen LogP contribution in [0.4, 0.5) is 5.82 Å². The molecular weight excluding hydrogens is 292 g/mol. The topological polar surface area (TPSA) is 77.1 Å². The molecular formula is C16H20N6O. The van der Waals surface area contributed by atoms with Gasteiger partial charge in [0.1, 0.15) is 5.82 Å². The van der Waals surface area contributed by atoms with Gasteiger partial charge in [-0.2, -0.15) is 5.10 Å². The number of hydrogen-bond donors (Lipinski definition) is 1. The number of carbonyl (C=O) groups excluding carboxylic acids is 1. The van der Waals surface area contributed by atoms with Crippen LogP contribution >= 0.6 is 0 Å². The van der Waals surface area contributed by atoms with E-state index in [-0.39, 0.29) is 17.0 Å². The van der Waals surface area contributed by atoms with Crippen LogP contribution in [0.3, 0.4) is 0 Å². The highest BCUT2D eigenvalue weighted by Crippen LogP contribution is 2.22. The summed E-state index contributed by atoms with van der Waals surface area (Å²) in [6.07, 6.45) is 7.59. The number of nitrogens with zero attached hydrogens (tertiary/aromatic N) is 5. The number of carbonyl (C=O) groups is 1. The van der Waals surface area contributed by atoms with Crippen LogP contribution in [0.1, 0.15) is 37.0 Å². The van der Waals surface area contributed by atoms with Gasteiger partial charge in [0, 0.05) is 37.9 Å². The molecule has 7 nitrogen and oxygen atoms in total. The number of imidazole rings is 1. The first kappa shape index (κ1) is 15.2. The van der Waals surface area contributed by atoms with Crippen LogP contribution in [-0.4, -0.2) is 30.1 Å². The maximum atomic E-state index is 12.5. The lowest BCUT2D eigenvalue weighted by atomic mass is 9.91. The molecule has 1 amide bonds. The molecule has 0 radical (unpaired) electrons. The van der Waals surface area contributed by atoms with Gasteiger partial charge in [0.15, 0.2) is 11.3 Å².